The standard InChI is InChI=1S/C15H15N5O/c1-15(2)8-12(21)11-9-17-20(10-6-4-3-5-7-10)13(11)14(15)18-19-16/h3-7,9,14H,8H2,1-2H3/t14-/m1/s1. The van der Waals surface area contributed by atoms with Gasteiger partial charge in [-0.2, -0.15) is 5.10 Å². The van der Waals surface area contributed by atoms with Crippen LogP contribution in [0.2, 0.25) is 0 Å². The van der Waals surface area contributed by atoms with Gasteiger partial charge in [0.05, 0.1) is 29.2 Å². The van der Waals surface area contributed by atoms with Crippen molar-refractivity contribution in [1.29, 1.82) is 0 Å². The molecule has 1 atom stereocenters. The predicted octanol–water partition coefficient (Wildman–Crippen LogP) is 3.84. The van der Waals surface area contributed by atoms with Gasteiger partial charge in [0, 0.05) is 11.3 Å². The zero-order chi connectivity index (χ0) is 15.0. The molecule has 6 heteroatoms. The van der Waals surface area contributed by atoms with Crippen molar-refractivity contribution < 1.29 is 4.79 Å². The van der Waals surface area contributed by atoms with Crippen molar-refractivity contribution in [2.24, 2.45) is 10.5 Å². The topological polar surface area (TPSA) is 83.7 Å². The van der Waals surface area contributed by atoms with Gasteiger partial charge in [-0.05, 0) is 23.1 Å². The van der Waals surface area contributed by atoms with E-state index in [4.69, 9.17) is 5.53 Å². The number of azide groups is 1. The van der Waals surface area contributed by atoms with Gasteiger partial charge in [0.15, 0.2) is 5.78 Å². The highest BCUT2D eigenvalue weighted by atomic mass is 16.1. The van der Waals surface area contributed by atoms with E-state index in [9.17, 15) is 4.79 Å². The van der Waals surface area contributed by atoms with E-state index in [0.717, 1.165) is 5.69 Å². The van der Waals surface area contributed by atoms with Crippen molar-refractivity contribution in [3.63, 3.8) is 0 Å². The van der Waals surface area contributed by atoms with E-state index < -0.39 is 11.5 Å². The summed E-state index contributed by atoms with van der Waals surface area (Å²) in [7, 11) is 0. The Morgan fingerprint density at radius 1 is 1.38 bits per heavy atom. The lowest BCUT2D eigenvalue weighted by atomic mass is 9.72. The molecule has 0 unspecified atom stereocenters. The Hall–Kier alpha value is -2.59. The Labute approximate surface area is 122 Å². The molecule has 0 radical (unpaired) electrons. The predicted molar refractivity (Wildman–Crippen MR) is 78.2 cm³/mol. The van der Waals surface area contributed by atoms with Crippen LogP contribution in [0, 0.1) is 5.41 Å². The van der Waals surface area contributed by atoms with Crippen molar-refractivity contribution >= 4 is 5.78 Å². The molecule has 0 N–H and O–H groups in total. The van der Waals surface area contributed by atoms with Gasteiger partial charge in [0.2, 0.25) is 0 Å². The molecule has 0 saturated carbocycles. The maximum atomic E-state index is 12.3. The Morgan fingerprint density at radius 3 is 2.76 bits per heavy atom. The fourth-order valence-electron chi connectivity index (χ4n) is 2.85. The van der Waals surface area contributed by atoms with Crippen LogP contribution in [0.25, 0.3) is 16.1 Å². The molecule has 0 fully saturated rings. The monoisotopic (exact) mass is 281 g/mol. The second-order valence-electron chi connectivity index (χ2n) is 5.89. The van der Waals surface area contributed by atoms with E-state index in [2.05, 4.69) is 15.1 Å². The molecule has 1 heterocycles. The molecule has 1 aliphatic carbocycles. The number of aromatic nitrogens is 2. The summed E-state index contributed by atoms with van der Waals surface area (Å²) in [6, 6.07) is 9.13. The molecule has 0 spiro atoms. The summed E-state index contributed by atoms with van der Waals surface area (Å²) in [5, 5.41) is 8.27. The number of carbonyl (C=O) groups excluding carboxylic acids is 1. The molecule has 3 rings (SSSR count). The van der Waals surface area contributed by atoms with E-state index in [1.165, 1.54) is 0 Å². The van der Waals surface area contributed by atoms with Crippen LogP contribution in [-0.2, 0) is 0 Å². The Bertz CT molecular complexity index is 741. The van der Waals surface area contributed by atoms with E-state index in [1.807, 2.05) is 44.2 Å². The lowest BCUT2D eigenvalue weighted by molar-refractivity contribution is 0.0882. The number of nitrogens with zero attached hydrogens (tertiary/aromatic N) is 5. The molecule has 1 aliphatic rings. The Kier molecular flexibility index (Phi) is 3.03. The second-order valence-corrected chi connectivity index (χ2v) is 5.89. The van der Waals surface area contributed by atoms with Crippen LogP contribution < -0.4 is 0 Å². The zero-order valence-corrected chi connectivity index (χ0v) is 11.9. The maximum absolute atomic E-state index is 12.3. The summed E-state index contributed by atoms with van der Waals surface area (Å²) in [5.74, 6) is 0.0431. The van der Waals surface area contributed by atoms with Crippen molar-refractivity contribution in [2.45, 2.75) is 26.3 Å². The van der Waals surface area contributed by atoms with Gasteiger partial charge in [0.1, 0.15) is 0 Å². The van der Waals surface area contributed by atoms with Crippen LogP contribution in [0.15, 0.2) is 41.6 Å². The summed E-state index contributed by atoms with van der Waals surface area (Å²) in [5.41, 5.74) is 10.5. The minimum Gasteiger partial charge on any atom is -0.294 e. The Morgan fingerprint density at radius 2 is 2.10 bits per heavy atom. The van der Waals surface area contributed by atoms with Gasteiger partial charge in [0.25, 0.3) is 0 Å². The van der Waals surface area contributed by atoms with Gasteiger partial charge in [-0.1, -0.05) is 37.2 Å². The summed E-state index contributed by atoms with van der Waals surface area (Å²) >= 11 is 0. The summed E-state index contributed by atoms with van der Waals surface area (Å²) < 4.78 is 1.70. The number of para-hydroxylation sites is 1. The maximum Gasteiger partial charge on any atom is 0.166 e. The molecule has 21 heavy (non-hydrogen) atoms. The number of rotatable bonds is 2. The van der Waals surface area contributed by atoms with Crippen LogP contribution in [0.3, 0.4) is 0 Å². The molecule has 0 aliphatic heterocycles. The summed E-state index contributed by atoms with van der Waals surface area (Å²) in [6.07, 6.45) is 1.92. The second kappa shape index (κ2) is 4.75. The van der Waals surface area contributed by atoms with Crippen molar-refractivity contribution in [2.75, 3.05) is 0 Å². The highest BCUT2D eigenvalue weighted by molar-refractivity contribution is 5.99. The van der Waals surface area contributed by atoms with Crippen LogP contribution in [-0.4, -0.2) is 15.6 Å². The van der Waals surface area contributed by atoms with Crippen molar-refractivity contribution in [3.05, 3.63) is 58.2 Å². The van der Waals surface area contributed by atoms with Gasteiger partial charge in [-0.3, -0.25) is 4.79 Å². The third-order valence-electron chi connectivity index (χ3n) is 3.89. The Balaban J connectivity index is 2.25. The molecular formula is C15H15N5O. The molecular weight excluding hydrogens is 266 g/mol. The molecule has 1 aromatic heterocycles. The average molecular weight is 281 g/mol. The highest BCUT2D eigenvalue weighted by Crippen LogP contribution is 2.46. The number of ketones is 1. The number of benzene rings is 1. The molecule has 106 valence electrons. The molecule has 0 saturated heterocycles. The van der Waals surface area contributed by atoms with Gasteiger partial charge < -0.3 is 0 Å². The highest BCUT2D eigenvalue weighted by Gasteiger charge is 2.42. The number of carbonyl (C=O) groups is 1. The number of hydrogen-bond donors (Lipinski definition) is 0. The molecule has 1 aromatic carbocycles. The van der Waals surface area contributed by atoms with Crippen molar-refractivity contribution in [1.82, 2.24) is 9.78 Å². The first kappa shape index (κ1) is 13.4. The van der Waals surface area contributed by atoms with E-state index in [-0.39, 0.29) is 5.78 Å². The summed E-state index contributed by atoms with van der Waals surface area (Å²) in [4.78, 5) is 15.3. The van der Waals surface area contributed by atoms with E-state index >= 15 is 0 Å². The molecule has 6 nitrogen and oxygen atoms in total. The SMILES string of the molecule is CC1(C)CC(=O)c2cnn(-c3ccccc3)c2[C@H]1N=[N+]=[N-]. The van der Waals surface area contributed by atoms with Crippen LogP contribution in [0.1, 0.15) is 42.4 Å². The fourth-order valence-corrected chi connectivity index (χ4v) is 2.85. The number of Topliss-reactive ketones (excluding diaryl/α,β-unsaturated/α-hetero) is 1. The van der Waals surface area contributed by atoms with Crippen LogP contribution in [0.4, 0.5) is 0 Å². The average Bonchev–Trinajstić information content (AvgIpc) is 2.89. The third-order valence-corrected chi connectivity index (χ3v) is 3.89. The smallest absolute Gasteiger partial charge is 0.166 e. The van der Waals surface area contributed by atoms with Crippen LogP contribution >= 0.6 is 0 Å². The van der Waals surface area contributed by atoms with E-state index in [1.54, 1.807) is 10.9 Å². The first-order chi connectivity index (χ1) is 10.0. The van der Waals surface area contributed by atoms with Gasteiger partial charge >= 0.3 is 0 Å². The quantitative estimate of drug-likeness (QED) is 0.476. The molecule has 0 bridgehead atoms. The number of fused-ring (bicyclic) bond motifs is 1. The largest absolute Gasteiger partial charge is 0.294 e. The van der Waals surface area contributed by atoms with Gasteiger partial charge in [-0.15, -0.1) is 0 Å². The third kappa shape index (κ3) is 2.10. The molecule has 0 amide bonds. The lowest BCUT2D eigenvalue weighted by Gasteiger charge is -2.35. The number of hydrogen-bond acceptors (Lipinski definition) is 3. The first-order valence-electron chi connectivity index (χ1n) is 6.75. The fraction of sp³-hybridized carbons (Fsp3) is 0.333. The zero-order valence-electron chi connectivity index (χ0n) is 11.9. The van der Waals surface area contributed by atoms with Crippen molar-refractivity contribution in [3.8, 4) is 5.69 Å². The minimum absolute atomic E-state index is 0.0431. The first-order valence-corrected chi connectivity index (χ1v) is 6.75. The minimum atomic E-state index is -0.428. The van der Waals surface area contributed by atoms with Gasteiger partial charge in [-0.25, -0.2) is 4.68 Å². The lowest BCUT2D eigenvalue weighted by Crippen LogP contribution is -2.31. The van der Waals surface area contributed by atoms with Crippen LogP contribution in [0.5, 0.6) is 0 Å². The van der Waals surface area contributed by atoms with E-state index in [0.29, 0.717) is 17.7 Å². The molecule has 2 aromatic rings. The normalized spacial score (nSPS) is 19.7. The summed E-state index contributed by atoms with van der Waals surface area (Å²) in [6.45, 7) is 3.88.